The van der Waals surface area contributed by atoms with Crippen molar-refractivity contribution in [3.63, 3.8) is 0 Å². The Hall–Kier alpha value is -0.960. The van der Waals surface area contributed by atoms with Gasteiger partial charge in [-0.1, -0.05) is 71.1 Å². The van der Waals surface area contributed by atoms with Gasteiger partial charge in [0.05, 0.1) is 12.3 Å². The van der Waals surface area contributed by atoms with Crippen LogP contribution >= 0.6 is 0 Å². The number of pyridine rings is 1. The summed E-state index contributed by atoms with van der Waals surface area (Å²) in [5.74, 6) is -0.380. The molecule has 0 aliphatic rings. The molecule has 3 heteroatoms. The zero-order chi connectivity index (χ0) is 15.3. The van der Waals surface area contributed by atoms with Gasteiger partial charge in [-0.15, -0.1) is 0 Å². The standard InChI is InChI=1S/C18H30FNO/c1-2-3-4-5-6-7-8-9-10-11-12-18(21)16-13-17(19)15-20-14-16/h13-15,18,21H,2-12H2,1H3. The van der Waals surface area contributed by atoms with Crippen molar-refractivity contribution in [2.75, 3.05) is 0 Å². The molecule has 1 atom stereocenters. The summed E-state index contributed by atoms with van der Waals surface area (Å²) in [5.41, 5.74) is 0.589. The number of hydrogen-bond donors (Lipinski definition) is 1. The van der Waals surface area contributed by atoms with Gasteiger partial charge in [-0.05, 0) is 12.5 Å². The van der Waals surface area contributed by atoms with Crippen LogP contribution in [0.25, 0.3) is 0 Å². The molecule has 0 fully saturated rings. The Balaban J connectivity index is 1.96. The van der Waals surface area contributed by atoms with Gasteiger partial charge in [-0.3, -0.25) is 4.98 Å². The van der Waals surface area contributed by atoms with Crippen LogP contribution in [0, 0.1) is 5.82 Å². The van der Waals surface area contributed by atoms with Crippen LogP contribution in [0.3, 0.4) is 0 Å². The lowest BCUT2D eigenvalue weighted by atomic mass is 10.0. The van der Waals surface area contributed by atoms with E-state index in [1.54, 1.807) is 6.20 Å². The molecule has 0 saturated carbocycles. The summed E-state index contributed by atoms with van der Waals surface area (Å²) in [7, 11) is 0. The quantitative estimate of drug-likeness (QED) is 0.512. The Bertz CT molecular complexity index is 370. The maximum atomic E-state index is 13.0. The molecule has 0 spiro atoms. The average Bonchev–Trinajstić information content (AvgIpc) is 2.49. The van der Waals surface area contributed by atoms with Crippen LogP contribution in [0.1, 0.15) is 89.2 Å². The van der Waals surface area contributed by atoms with Crippen molar-refractivity contribution in [3.05, 3.63) is 29.8 Å². The molecule has 0 aliphatic heterocycles. The third kappa shape index (κ3) is 8.82. The number of aromatic nitrogens is 1. The summed E-state index contributed by atoms with van der Waals surface area (Å²) in [6, 6.07) is 1.37. The van der Waals surface area contributed by atoms with E-state index in [1.165, 1.54) is 57.4 Å². The van der Waals surface area contributed by atoms with E-state index in [1.807, 2.05) is 0 Å². The molecule has 0 amide bonds. The molecule has 1 N–H and O–H groups in total. The van der Waals surface area contributed by atoms with Crippen LogP contribution in [-0.2, 0) is 0 Å². The Morgan fingerprint density at radius 3 is 2.10 bits per heavy atom. The molecule has 120 valence electrons. The van der Waals surface area contributed by atoms with E-state index in [-0.39, 0.29) is 5.82 Å². The van der Waals surface area contributed by atoms with Gasteiger partial charge in [-0.25, -0.2) is 4.39 Å². The fourth-order valence-corrected chi connectivity index (χ4v) is 2.60. The first-order valence-electron chi connectivity index (χ1n) is 8.52. The van der Waals surface area contributed by atoms with Crippen molar-refractivity contribution in [3.8, 4) is 0 Å². The van der Waals surface area contributed by atoms with Crippen molar-refractivity contribution in [1.29, 1.82) is 0 Å². The normalized spacial score (nSPS) is 12.5. The van der Waals surface area contributed by atoms with Crippen LogP contribution in [0.5, 0.6) is 0 Å². The third-order valence-electron chi connectivity index (χ3n) is 3.94. The molecule has 0 saturated heterocycles. The summed E-state index contributed by atoms with van der Waals surface area (Å²) in [5, 5.41) is 9.96. The Kier molecular flexibility index (Phi) is 10.1. The molecule has 1 unspecified atom stereocenters. The number of aliphatic hydroxyl groups is 1. The smallest absolute Gasteiger partial charge is 0.141 e. The van der Waals surface area contributed by atoms with E-state index in [4.69, 9.17) is 0 Å². The largest absolute Gasteiger partial charge is 0.388 e. The van der Waals surface area contributed by atoms with Gasteiger partial charge >= 0.3 is 0 Å². The highest BCUT2D eigenvalue weighted by Gasteiger charge is 2.08. The molecular formula is C18H30FNO. The summed E-state index contributed by atoms with van der Waals surface area (Å²) in [6.07, 6.45) is 15.6. The van der Waals surface area contributed by atoms with E-state index in [9.17, 15) is 9.50 Å². The number of hydrogen-bond acceptors (Lipinski definition) is 2. The lowest BCUT2D eigenvalue weighted by Gasteiger charge is -2.10. The molecular weight excluding hydrogens is 265 g/mol. The zero-order valence-corrected chi connectivity index (χ0v) is 13.4. The fourth-order valence-electron chi connectivity index (χ4n) is 2.60. The highest BCUT2D eigenvalue weighted by atomic mass is 19.1. The second-order valence-corrected chi connectivity index (χ2v) is 5.92. The van der Waals surface area contributed by atoms with Crippen LogP contribution in [0.2, 0.25) is 0 Å². The zero-order valence-electron chi connectivity index (χ0n) is 13.4. The maximum Gasteiger partial charge on any atom is 0.141 e. The molecule has 0 aromatic carbocycles. The summed E-state index contributed by atoms with van der Waals surface area (Å²) in [4.78, 5) is 3.77. The lowest BCUT2D eigenvalue weighted by molar-refractivity contribution is 0.162. The minimum absolute atomic E-state index is 0.380. The van der Waals surface area contributed by atoms with Gasteiger partial charge in [0.1, 0.15) is 5.82 Å². The van der Waals surface area contributed by atoms with Gasteiger partial charge in [0.15, 0.2) is 0 Å². The van der Waals surface area contributed by atoms with E-state index >= 15 is 0 Å². The third-order valence-corrected chi connectivity index (χ3v) is 3.94. The molecule has 0 aliphatic carbocycles. The van der Waals surface area contributed by atoms with Gasteiger partial charge in [-0.2, -0.15) is 0 Å². The van der Waals surface area contributed by atoms with Gasteiger partial charge in [0.25, 0.3) is 0 Å². The molecule has 21 heavy (non-hydrogen) atoms. The van der Waals surface area contributed by atoms with Crippen LogP contribution in [0.4, 0.5) is 4.39 Å². The molecule has 1 heterocycles. The van der Waals surface area contributed by atoms with Crippen molar-refractivity contribution in [2.45, 2.75) is 83.7 Å². The molecule has 0 radical (unpaired) electrons. The molecule has 1 aromatic rings. The molecule has 1 rings (SSSR count). The second kappa shape index (κ2) is 11.7. The van der Waals surface area contributed by atoms with Gasteiger partial charge < -0.3 is 5.11 Å². The SMILES string of the molecule is CCCCCCCCCCCCC(O)c1cncc(F)c1. The number of aliphatic hydroxyl groups excluding tert-OH is 1. The van der Waals surface area contributed by atoms with Crippen LogP contribution < -0.4 is 0 Å². The topological polar surface area (TPSA) is 33.1 Å². The predicted octanol–water partition coefficient (Wildman–Crippen LogP) is 5.57. The van der Waals surface area contributed by atoms with E-state index in [2.05, 4.69) is 11.9 Å². The summed E-state index contributed by atoms with van der Waals surface area (Å²) >= 11 is 0. The first-order chi connectivity index (χ1) is 10.2. The maximum absolute atomic E-state index is 13.0. The summed E-state index contributed by atoms with van der Waals surface area (Å²) in [6.45, 7) is 2.24. The molecule has 2 nitrogen and oxygen atoms in total. The first-order valence-corrected chi connectivity index (χ1v) is 8.52. The Morgan fingerprint density at radius 2 is 1.52 bits per heavy atom. The fraction of sp³-hybridized carbons (Fsp3) is 0.722. The number of halogens is 1. The second-order valence-electron chi connectivity index (χ2n) is 5.92. The lowest BCUT2D eigenvalue weighted by Crippen LogP contribution is -1.99. The van der Waals surface area contributed by atoms with Crippen molar-refractivity contribution >= 4 is 0 Å². The number of nitrogens with zero attached hydrogens (tertiary/aromatic N) is 1. The molecule has 1 aromatic heterocycles. The van der Waals surface area contributed by atoms with Crippen molar-refractivity contribution in [2.24, 2.45) is 0 Å². The Morgan fingerprint density at radius 1 is 0.952 bits per heavy atom. The minimum Gasteiger partial charge on any atom is -0.388 e. The number of unbranched alkanes of at least 4 members (excludes halogenated alkanes) is 9. The number of rotatable bonds is 12. The van der Waals surface area contributed by atoms with Gasteiger partial charge in [0, 0.05) is 11.8 Å². The highest BCUT2D eigenvalue weighted by molar-refractivity contribution is 5.12. The van der Waals surface area contributed by atoms with E-state index in [0.29, 0.717) is 12.0 Å². The van der Waals surface area contributed by atoms with Crippen LogP contribution in [0.15, 0.2) is 18.5 Å². The monoisotopic (exact) mass is 295 g/mol. The van der Waals surface area contributed by atoms with Gasteiger partial charge in [0.2, 0.25) is 0 Å². The minimum atomic E-state index is -0.581. The van der Waals surface area contributed by atoms with E-state index in [0.717, 1.165) is 19.0 Å². The van der Waals surface area contributed by atoms with Crippen LogP contribution in [-0.4, -0.2) is 10.1 Å². The average molecular weight is 295 g/mol. The molecule has 0 bridgehead atoms. The van der Waals surface area contributed by atoms with Crippen molar-refractivity contribution < 1.29 is 9.50 Å². The van der Waals surface area contributed by atoms with Crippen molar-refractivity contribution in [1.82, 2.24) is 4.98 Å². The highest BCUT2D eigenvalue weighted by Crippen LogP contribution is 2.20. The summed E-state index contributed by atoms with van der Waals surface area (Å²) < 4.78 is 13.0. The van der Waals surface area contributed by atoms with E-state index < -0.39 is 6.10 Å². The Labute approximate surface area is 128 Å². The first kappa shape index (κ1) is 18.1. The predicted molar refractivity (Wildman–Crippen MR) is 85.6 cm³/mol.